The molecule has 0 N–H and O–H groups in total. The summed E-state index contributed by atoms with van der Waals surface area (Å²) in [6, 6.07) is 7.65. The summed E-state index contributed by atoms with van der Waals surface area (Å²) >= 11 is 0. The van der Waals surface area contributed by atoms with E-state index in [0.717, 1.165) is 29.1 Å². The molecular weight excluding hydrogens is 346 g/mol. The van der Waals surface area contributed by atoms with E-state index in [1.807, 2.05) is 31.2 Å². The second-order valence-electron chi connectivity index (χ2n) is 6.81. The third kappa shape index (κ3) is 2.45. The van der Waals surface area contributed by atoms with E-state index >= 15 is 0 Å². The van der Waals surface area contributed by atoms with E-state index in [2.05, 4.69) is 4.57 Å². The van der Waals surface area contributed by atoms with E-state index in [0.29, 0.717) is 24.1 Å². The molecule has 0 spiro atoms. The molecule has 3 heterocycles. The van der Waals surface area contributed by atoms with Crippen LogP contribution in [-0.4, -0.2) is 27.4 Å². The number of ether oxygens (including phenoxy) is 2. The number of hydrogen-bond donors (Lipinski definition) is 0. The van der Waals surface area contributed by atoms with Gasteiger partial charge in [0.05, 0.1) is 42.1 Å². The van der Waals surface area contributed by atoms with Crippen LogP contribution in [-0.2, 0) is 25.4 Å². The Morgan fingerprint density at radius 1 is 1.15 bits per heavy atom. The van der Waals surface area contributed by atoms with Crippen LogP contribution in [0.2, 0.25) is 0 Å². The van der Waals surface area contributed by atoms with E-state index in [-0.39, 0.29) is 17.4 Å². The molecule has 1 aliphatic rings. The zero-order valence-corrected chi connectivity index (χ0v) is 16.0. The molecule has 0 bridgehead atoms. The van der Waals surface area contributed by atoms with Gasteiger partial charge in [-0.25, -0.2) is 4.79 Å². The third-order valence-corrected chi connectivity index (χ3v) is 5.38. The fourth-order valence-electron chi connectivity index (χ4n) is 4.02. The van der Waals surface area contributed by atoms with Crippen LogP contribution >= 0.6 is 0 Å². The predicted molar refractivity (Wildman–Crippen MR) is 103 cm³/mol. The maximum absolute atomic E-state index is 13.1. The number of fused-ring (bicyclic) bond motifs is 3. The van der Waals surface area contributed by atoms with Gasteiger partial charge >= 0.3 is 5.69 Å². The third-order valence-electron chi connectivity index (χ3n) is 5.38. The molecule has 142 valence electrons. The first-order valence-electron chi connectivity index (χ1n) is 9.07. The highest BCUT2D eigenvalue weighted by atomic mass is 16.5. The molecule has 0 radical (unpaired) electrons. The minimum atomic E-state index is -0.331. The number of aromatic nitrogens is 3. The highest BCUT2D eigenvalue weighted by Crippen LogP contribution is 2.39. The molecule has 1 aromatic carbocycles. The molecular formula is C20H23N3O4. The van der Waals surface area contributed by atoms with Gasteiger partial charge in [-0.1, -0.05) is 6.92 Å². The predicted octanol–water partition coefficient (Wildman–Crippen LogP) is 2.20. The summed E-state index contributed by atoms with van der Waals surface area (Å²) in [5, 5.41) is 0.559. The summed E-state index contributed by atoms with van der Waals surface area (Å²) in [6.07, 6.45) is 0.621. The molecule has 0 aliphatic carbocycles. The molecule has 0 saturated carbocycles. The number of rotatable bonds is 3. The quantitative estimate of drug-likeness (QED) is 0.710. The molecule has 1 aliphatic heterocycles. The second kappa shape index (κ2) is 6.42. The number of hydrogen-bond acceptors (Lipinski definition) is 4. The molecule has 7 heteroatoms. The Hall–Kier alpha value is -2.80. The number of aryl methyl sites for hydroxylation is 1. The van der Waals surface area contributed by atoms with Crippen molar-refractivity contribution in [1.82, 2.24) is 13.7 Å². The van der Waals surface area contributed by atoms with Crippen LogP contribution in [0.15, 0.2) is 33.9 Å². The van der Waals surface area contributed by atoms with Crippen molar-refractivity contribution in [2.75, 3.05) is 13.7 Å². The van der Waals surface area contributed by atoms with Crippen molar-refractivity contribution in [3.8, 4) is 17.0 Å². The maximum atomic E-state index is 13.1. The zero-order valence-electron chi connectivity index (χ0n) is 16.0. The van der Waals surface area contributed by atoms with Crippen molar-refractivity contribution < 1.29 is 9.47 Å². The van der Waals surface area contributed by atoms with Crippen molar-refractivity contribution in [3.05, 3.63) is 50.8 Å². The van der Waals surface area contributed by atoms with Crippen molar-refractivity contribution in [3.63, 3.8) is 0 Å². The average Bonchev–Trinajstić information content (AvgIpc) is 3.06. The Morgan fingerprint density at radius 3 is 2.48 bits per heavy atom. The van der Waals surface area contributed by atoms with Crippen LogP contribution in [0.25, 0.3) is 22.2 Å². The average molecular weight is 369 g/mol. The molecule has 4 rings (SSSR count). The summed E-state index contributed by atoms with van der Waals surface area (Å²) in [5.41, 5.74) is 2.71. The molecule has 3 aromatic rings. The van der Waals surface area contributed by atoms with E-state index in [9.17, 15) is 9.59 Å². The standard InChI is InChI=1S/C20H23N3O4/c1-5-14-17-18-15(19(24)22(3)20(25)21(18)2)16(23(17)10-11-27-14)12-6-8-13(26-4)9-7-12/h6-9,14H,5,10-11H2,1-4H3. The van der Waals surface area contributed by atoms with Gasteiger partial charge in [0.15, 0.2) is 0 Å². The largest absolute Gasteiger partial charge is 0.497 e. The molecule has 2 aromatic heterocycles. The van der Waals surface area contributed by atoms with Gasteiger partial charge in [-0.05, 0) is 36.2 Å². The minimum Gasteiger partial charge on any atom is -0.497 e. The monoisotopic (exact) mass is 369 g/mol. The van der Waals surface area contributed by atoms with Crippen molar-refractivity contribution in [2.24, 2.45) is 14.1 Å². The van der Waals surface area contributed by atoms with Crippen LogP contribution in [0.3, 0.4) is 0 Å². The first kappa shape index (κ1) is 17.6. The highest BCUT2D eigenvalue weighted by Gasteiger charge is 2.31. The lowest BCUT2D eigenvalue weighted by Crippen LogP contribution is -2.37. The summed E-state index contributed by atoms with van der Waals surface area (Å²) in [4.78, 5) is 25.7. The van der Waals surface area contributed by atoms with E-state index in [1.54, 1.807) is 18.7 Å². The first-order chi connectivity index (χ1) is 13.0. The van der Waals surface area contributed by atoms with Crippen LogP contribution in [0, 0.1) is 0 Å². The Bertz CT molecular complexity index is 1140. The minimum absolute atomic E-state index is 0.147. The molecule has 1 unspecified atom stereocenters. The number of benzene rings is 1. The Kier molecular flexibility index (Phi) is 4.19. The highest BCUT2D eigenvalue weighted by molar-refractivity contribution is 5.96. The maximum Gasteiger partial charge on any atom is 0.331 e. The van der Waals surface area contributed by atoms with Gasteiger partial charge in [-0.15, -0.1) is 0 Å². The van der Waals surface area contributed by atoms with Crippen LogP contribution in [0.5, 0.6) is 5.75 Å². The smallest absolute Gasteiger partial charge is 0.331 e. The van der Waals surface area contributed by atoms with E-state index in [4.69, 9.17) is 9.47 Å². The number of methoxy groups -OCH3 is 1. The normalized spacial score (nSPS) is 16.5. The topological polar surface area (TPSA) is 67.4 Å². The molecule has 0 saturated heterocycles. The summed E-state index contributed by atoms with van der Waals surface area (Å²) in [6.45, 7) is 3.26. The van der Waals surface area contributed by atoms with Gasteiger partial charge in [-0.2, -0.15) is 0 Å². The molecule has 27 heavy (non-hydrogen) atoms. The van der Waals surface area contributed by atoms with Crippen LogP contribution in [0.4, 0.5) is 0 Å². The Labute approximate surface area is 156 Å². The van der Waals surface area contributed by atoms with Crippen molar-refractivity contribution in [1.29, 1.82) is 0 Å². The Balaban J connectivity index is 2.18. The summed E-state index contributed by atoms with van der Waals surface area (Å²) in [7, 11) is 4.86. The first-order valence-corrected chi connectivity index (χ1v) is 9.07. The van der Waals surface area contributed by atoms with Crippen molar-refractivity contribution >= 4 is 10.9 Å². The fraction of sp³-hybridized carbons (Fsp3) is 0.400. The van der Waals surface area contributed by atoms with Gasteiger partial charge < -0.3 is 14.0 Å². The lowest BCUT2D eigenvalue weighted by Gasteiger charge is -2.26. The van der Waals surface area contributed by atoms with E-state index in [1.165, 1.54) is 11.6 Å². The molecule has 0 fully saturated rings. The summed E-state index contributed by atoms with van der Waals surface area (Å²) < 4.78 is 16.1. The Morgan fingerprint density at radius 2 is 1.85 bits per heavy atom. The molecule has 0 amide bonds. The number of nitrogens with zero attached hydrogens (tertiary/aromatic N) is 3. The van der Waals surface area contributed by atoms with Gasteiger partial charge in [0.2, 0.25) is 0 Å². The molecule has 7 nitrogen and oxygen atoms in total. The van der Waals surface area contributed by atoms with Crippen molar-refractivity contribution in [2.45, 2.75) is 26.0 Å². The van der Waals surface area contributed by atoms with Gasteiger partial charge in [0.1, 0.15) is 5.75 Å². The molecule has 1 atom stereocenters. The lowest BCUT2D eigenvalue weighted by atomic mass is 10.1. The van der Waals surface area contributed by atoms with Crippen LogP contribution in [0.1, 0.15) is 25.1 Å². The van der Waals surface area contributed by atoms with Gasteiger partial charge in [0.25, 0.3) is 5.56 Å². The van der Waals surface area contributed by atoms with E-state index < -0.39 is 0 Å². The second-order valence-corrected chi connectivity index (χ2v) is 6.81. The van der Waals surface area contributed by atoms with Gasteiger partial charge in [-0.3, -0.25) is 13.9 Å². The summed E-state index contributed by atoms with van der Waals surface area (Å²) in [5.74, 6) is 0.753. The fourth-order valence-corrected chi connectivity index (χ4v) is 4.02. The SMILES string of the molecule is CCC1OCCn2c(-c3ccc(OC)cc3)c3c(=O)n(C)c(=O)n(C)c3c21. The van der Waals surface area contributed by atoms with Crippen LogP contribution < -0.4 is 16.0 Å². The lowest BCUT2D eigenvalue weighted by molar-refractivity contribution is 0.0197. The van der Waals surface area contributed by atoms with Gasteiger partial charge in [0, 0.05) is 20.6 Å². The zero-order chi connectivity index (χ0) is 19.3.